The number of hydrogen-bond donors (Lipinski definition) is 3. The van der Waals surface area contributed by atoms with Crippen LogP contribution in [0.15, 0.2) is 50.5 Å². The Kier molecular flexibility index (Phi) is 3.28. The van der Waals surface area contributed by atoms with Crippen molar-refractivity contribution in [2.45, 2.75) is 0 Å². The number of nitrogens with zero attached hydrogens (tertiary/aromatic N) is 1. The normalized spacial score (nSPS) is 11.4. The fourth-order valence-corrected chi connectivity index (χ4v) is 3.56. The van der Waals surface area contributed by atoms with Crippen molar-refractivity contribution in [2.24, 2.45) is 5.18 Å². The Balaban J connectivity index is 2.12. The highest BCUT2D eigenvalue weighted by Crippen LogP contribution is 2.44. The maximum atomic E-state index is 11.4. The lowest BCUT2D eigenvalue weighted by molar-refractivity contribution is 0.460. The van der Waals surface area contributed by atoms with E-state index in [0.717, 1.165) is 25.4 Å². The number of hydrogen-bond acceptors (Lipinski definition) is 3. The van der Waals surface area contributed by atoms with Crippen molar-refractivity contribution in [1.29, 1.82) is 0 Å². The molecule has 0 atom stereocenters. The zero-order chi connectivity index (χ0) is 16.1. The molecule has 0 aliphatic rings. The van der Waals surface area contributed by atoms with Gasteiger partial charge in [-0.2, -0.15) is 0 Å². The van der Waals surface area contributed by atoms with Crippen LogP contribution in [0.4, 0.5) is 5.69 Å². The summed E-state index contributed by atoms with van der Waals surface area (Å²) in [7, 11) is 0. The minimum absolute atomic E-state index is 0.00591. The second-order valence-corrected chi connectivity index (χ2v) is 7.00. The zero-order valence-corrected chi connectivity index (χ0v) is 14.7. The van der Waals surface area contributed by atoms with Crippen molar-refractivity contribution in [3.8, 4) is 17.1 Å². The molecule has 0 aliphatic heterocycles. The number of rotatable bonds is 2. The SMILES string of the molecule is O=Nc1c(-c2c(O)[nH]c3ccc(Br)cc23)[nH]c2cc(Br)ccc12. The van der Waals surface area contributed by atoms with Crippen molar-refractivity contribution in [3.05, 3.63) is 50.3 Å². The number of halogens is 2. The van der Waals surface area contributed by atoms with Crippen LogP contribution >= 0.6 is 31.9 Å². The highest BCUT2D eigenvalue weighted by Gasteiger charge is 2.21. The Hall–Kier alpha value is -2.12. The summed E-state index contributed by atoms with van der Waals surface area (Å²) in [5.74, 6) is -0.00591. The highest BCUT2D eigenvalue weighted by molar-refractivity contribution is 9.10. The van der Waals surface area contributed by atoms with Crippen LogP contribution in [-0.4, -0.2) is 15.1 Å². The molecule has 0 radical (unpaired) electrons. The number of aromatic hydroxyl groups is 1. The number of nitrogens with one attached hydrogen (secondary N) is 2. The fourth-order valence-electron chi connectivity index (χ4n) is 2.83. The molecule has 23 heavy (non-hydrogen) atoms. The monoisotopic (exact) mass is 433 g/mol. The minimum atomic E-state index is -0.00591. The third-order valence-electron chi connectivity index (χ3n) is 3.82. The van der Waals surface area contributed by atoms with Gasteiger partial charge in [0.25, 0.3) is 0 Å². The number of aromatic nitrogens is 2. The molecular weight excluding hydrogens is 426 g/mol. The topological polar surface area (TPSA) is 81.2 Å². The van der Waals surface area contributed by atoms with Crippen molar-refractivity contribution >= 4 is 59.4 Å². The van der Waals surface area contributed by atoms with Crippen LogP contribution in [0.5, 0.6) is 5.88 Å². The van der Waals surface area contributed by atoms with Gasteiger partial charge < -0.3 is 15.1 Å². The van der Waals surface area contributed by atoms with Crippen LogP contribution in [0.25, 0.3) is 33.1 Å². The van der Waals surface area contributed by atoms with E-state index < -0.39 is 0 Å². The molecule has 0 aliphatic carbocycles. The van der Waals surface area contributed by atoms with Gasteiger partial charge in [0.2, 0.25) is 0 Å². The molecular formula is C16H9Br2N3O2. The molecule has 7 heteroatoms. The lowest BCUT2D eigenvalue weighted by Crippen LogP contribution is -1.77. The standard InChI is InChI=1S/C16H9Br2N3O2/c17-7-2-4-11-10(5-7)13(16(22)20-11)15-14(21-23)9-3-1-8(18)6-12(9)19-15/h1-6,19-20,22H. The third-order valence-corrected chi connectivity index (χ3v) is 4.80. The van der Waals surface area contributed by atoms with E-state index in [-0.39, 0.29) is 11.6 Å². The second-order valence-electron chi connectivity index (χ2n) is 5.17. The number of fused-ring (bicyclic) bond motifs is 2. The van der Waals surface area contributed by atoms with E-state index in [1.807, 2.05) is 36.4 Å². The molecule has 2 heterocycles. The second kappa shape index (κ2) is 5.21. The quantitative estimate of drug-likeness (QED) is 0.341. The lowest BCUT2D eigenvalue weighted by Gasteiger charge is -1.99. The van der Waals surface area contributed by atoms with Gasteiger partial charge in [-0.3, -0.25) is 0 Å². The van der Waals surface area contributed by atoms with E-state index in [2.05, 4.69) is 47.0 Å². The van der Waals surface area contributed by atoms with Gasteiger partial charge in [0.05, 0.1) is 11.3 Å². The summed E-state index contributed by atoms with van der Waals surface area (Å²) in [6.07, 6.45) is 0. The van der Waals surface area contributed by atoms with Crippen LogP contribution in [0.1, 0.15) is 0 Å². The molecule has 4 rings (SSSR count). The van der Waals surface area contributed by atoms with Gasteiger partial charge in [0.1, 0.15) is 5.69 Å². The van der Waals surface area contributed by atoms with Gasteiger partial charge in [0, 0.05) is 30.8 Å². The Morgan fingerprint density at radius 3 is 2.43 bits per heavy atom. The van der Waals surface area contributed by atoms with E-state index in [0.29, 0.717) is 16.6 Å². The molecule has 0 saturated carbocycles. The first-order valence-electron chi connectivity index (χ1n) is 6.73. The number of benzene rings is 2. The molecule has 0 amide bonds. The summed E-state index contributed by atoms with van der Waals surface area (Å²) >= 11 is 6.84. The van der Waals surface area contributed by atoms with Gasteiger partial charge in [-0.1, -0.05) is 31.9 Å². The third kappa shape index (κ3) is 2.19. The Morgan fingerprint density at radius 2 is 1.65 bits per heavy atom. The molecule has 2 aromatic heterocycles. The predicted molar refractivity (Wildman–Crippen MR) is 98.1 cm³/mol. The van der Waals surface area contributed by atoms with Crippen molar-refractivity contribution in [3.63, 3.8) is 0 Å². The molecule has 0 fully saturated rings. The minimum Gasteiger partial charge on any atom is -0.494 e. The van der Waals surface area contributed by atoms with E-state index in [1.54, 1.807) is 0 Å². The van der Waals surface area contributed by atoms with Crippen LogP contribution in [-0.2, 0) is 0 Å². The van der Waals surface area contributed by atoms with E-state index in [4.69, 9.17) is 0 Å². The van der Waals surface area contributed by atoms with Crippen LogP contribution in [0, 0.1) is 4.91 Å². The number of nitroso groups, excluding NO2 is 1. The summed E-state index contributed by atoms with van der Waals surface area (Å²) < 4.78 is 1.77. The van der Waals surface area contributed by atoms with Gasteiger partial charge in [-0.25, -0.2) is 0 Å². The molecule has 4 aromatic rings. The van der Waals surface area contributed by atoms with Gasteiger partial charge in [-0.05, 0) is 41.6 Å². The van der Waals surface area contributed by atoms with Gasteiger partial charge in [-0.15, -0.1) is 4.91 Å². The van der Waals surface area contributed by atoms with Crippen LogP contribution in [0.2, 0.25) is 0 Å². The van der Waals surface area contributed by atoms with Gasteiger partial charge >= 0.3 is 0 Å². The van der Waals surface area contributed by atoms with E-state index in [1.165, 1.54) is 0 Å². The molecule has 0 bridgehead atoms. The first kappa shape index (κ1) is 14.5. The fraction of sp³-hybridized carbons (Fsp3) is 0. The molecule has 114 valence electrons. The Labute approximate surface area is 146 Å². The lowest BCUT2D eigenvalue weighted by atomic mass is 10.1. The zero-order valence-electron chi connectivity index (χ0n) is 11.5. The summed E-state index contributed by atoms with van der Waals surface area (Å²) in [6.45, 7) is 0. The molecule has 5 nitrogen and oxygen atoms in total. The number of H-pyrrole nitrogens is 2. The molecule has 3 N–H and O–H groups in total. The van der Waals surface area contributed by atoms with E-state index in [9.17, 15) is 10.0 Å². The predicted octanol–water partition coefficient (Wildman–Crippen LogP) is 5.94. The average Bonchev–Trinajstić information content (AvgIpc) is 3.02. The summed E-state index contributed by atoms with van der Waals surface area (Å²) in [6, 6.07) is 11.2. The van der Waals surface area contributed by atoms with Crippen LogP contribution in [0.3, 0.4) is 0 Å². The summed E-state index contributed by atoms with van der Waals surface area (Å²) in [5.41, 5.74) is 2.85. The maximum absolute atomic E-state index is 11.4. The maximum Gasteiger partial charge on any atom is 0.199 e. The molecule has 0 spiro atoms. The summed E-state index contributed by atoms with van der Waals surface area (Å²) in [4.78, 5) is 17.5. The van der Waals surface area contributed by atoms with Crippen molar-refractivity contribution in [2.75, 3.05) is 0 Å². The average molecular weight is 435 g/mol. The largest absolute Gasteiger partial charge is 0.494 e. The molecule has 2 aromatic carbocycles. The Morgan fingerprint density at radius 1 is 0.913 bits per heavy atom. The molecule has 0 unspecified atom stereocenters. The Bertz CT molecular complexity index is 1080. The van der Waals surface area contributed by atoms with Crippen molar-refractivity contribution < 1.29 is 5.11 Å². The first-order valence-corrected chi connectivity index (χ1v) is 8.32. The van der Waals surface area contributed by atoms with Gasteiger partial charge in [0.15, 0.2) is 5.88 Å². The van der Waals surface area contributed by atoms with Crippen molar-refractivity contribution in [1.82, 2.24) is 9.97 Å². The first-order chi connectivity index (χ1) is 11.1. The number of aromatic amines is 2. The summed E-state index contributed by atoms with van der Waals surface area (Å²) in [5, 5.41) is 15.0. The molecule has 0 saturated heterocycles. The highest BCUT2D eigenvalue weighted by atomic mass is 79.9. The van der Waals surface area contributed by atoms with Crippen LogP contribution < -0.4 is 0 Å². The smallest absolute Gasteiger partial charge is 0.199 e. The van der Waals surface area contributed by atoms with E-state index >= 15 is 0 Å².